The van der Waals surface area contributed by atoms with Gasteiger partial charge in [-0.2, -0.15) is 0 Å². The molecular weight excluding hydrogens is 785 g/mol. The van der Waals surface area contributed by atoms with E-state index in [-0.39, 0.29) is 32.3 Å². The predicted molar refractivity (Wildman–Crippen MR) is 224 cm³/mol. The molecule has 312 valence electrons. The summed E-state index contributed by atoms with van der Waals surface area (Å²) in [6, 6.07) is 0. The number of carbonyl (C=O) groups excluding carboxylic acids is 2. The molecule has 6 aliphatic rings. The molecule has 6 rings (SSSR count). The second-order valence-corrected chi connectivity index (χ2v) is 23.8. The molecule has 2 atom stereocenters. The summed E-state index contributed by atoms with van der Waals surface area (Å²) in [5.41, 5.74) is 7.26. The normalized spacial score (nSPS) is 22.9. The topological polar surface area (TPSA) is 80.3 Å². The number of aliphatic carboxylic acids is 2. The van der Waals surface area contributed by atoms with Gasteiger partial charge in [0, 0.05) is 11.9 Å². The molecule has 4 nitrogen and oxygen atoms in total. The second kappa shape index (κ2) is 29.6. The van der Waals surface area contributed by atoms with Crippen LogP contribution in [0.15, 0.2) is 0 Å². The molecule has 0 aliphatic heterocycles. The van der Waals surface area contributed by atoms with E-state index >= 15 is 0 Å². The van der Waals surface area contributed by atoms with Crippen LogP contribution in [0.1, 0.15) is 233 Å². The van der Waals surface area contributed by atoms with Crippen molar-refractivity contribution in [1.82, 2.24) is 0 Å². The van der Waals surface area contributed by atoms with Gasteiger partial charge in [0.1, 0.15) is 0 Å². The van der Waals surface area contributed by atoms with Gasteiger partial charge >= 0.3 is 20.4 Å². The fourth-order valence-corrected chi connectivity index (χ4v) is 20.2. The van der Waals surface area contributed by atoms with Gasteiger partial charge in [-0.1, -0.05) is 146 Å². The molecule has 0 aromatic carbocycles. The molecule has 6 fully saturated rings. The Kier molecular flexibility index (Phi) is 27.7. The molecule has 0 spiro atoms. The molecule has 6 saturated carbocycles. The SMILES string of the molecule is C1CCC(P(C2CCCC2)C2CCCC2)C1.C1CCC(P(C2CCCC2)C2CCCC2)C1.CCCCC(CC)C(=O)[O-].CCCCC(CC)C(=O)[O-].[Pd+2]. The molecular formula is C46H84O4P2Pd. The maximum Gasteiger partial charge on any atom is 2.00 e. The molecule has 7 heteroatoms. The smallest absolute Gasteiger partial charge is 0.550 e. The minimum absolute atomic E-state index is 0. The third-order valence-electron chi connectivity index (χ3n) is 13.9. The molecule has 53 heavy (non-hydrogen) atoms. The van der Waals surface area contributed by atoms with E-state index in [1.807, 2.05) is 13.8 Å². The van der Waals surface area contributed by atoms with Crippen molar-refractivity contribution >= 4 is 27.8 Å². The van der Waals surface area contributed by atoms with Gasteiger partial charge in [0.05, 0.1) is 0 Å². The fraction of sp³-hybridized carbons (Fsp3) is 0.957. The summed E-state index contributed by atoms with van der Waals surface area (Å²) in [5.74, 6) is -2.23. The third kappa shape index (κ3) is 17.9. The van der Waals surface area contributed by atoms with Gasteiger partial charge in [-0.3, -0.25) is 0 Å². The van der Waals surface area contributed by atoms with E-state index in [0.717, 1.165) is 38.5 Å². The summed E-state index contributed by atoms with van der Waals surface area (Å²) in [6.07, 6.45) is 45.1. The molecule has 0 N–H and O–H groups in total. The summed E-state index contributed by atoms with van der Waals surface area (Å²) < 4.78 is 0. The number of carbonyl (C=O) groups is 2. The van der Waals surface area contributed by atoms with Crippen LogP contribution in [0, 0.1) is 11.8 Å². The van der Waals surface area contributed by atoms with Crippen molar-refractivity contribution in [2.45, 2.75) is 267 Å². The van der Waals surface area contributed by atoms with Crippen molar-refractivity contribution in [1.29, 1.82) is 0 Å². The van der Waals surface area contributed by atoms with Crippen LogP contribution in [0.5, 0.6) is 0 Å². The van der Waals surface area contributed by atoms with E-state index < -0.39 is 11.9 Å². The van der Waals surface area contributed by atoms with Gasteiger partial charge in [0.2, 0.25) is 0 Å². The van der Waals surface area contributed by atoms with E-state index in [9.17, 15) is 19.8 Å². The van der Waals surface area contributed by atoms with Gasteiger partial charge in [0.15, 0.2) is 0 Å². The van der Waals surface area contributed by atoms with Crippen LogP contribution >= 0.6 is 15.8 Å². The average Bonchev–Trinajstić information content (AvgIpc) is 4.00. The van der Waals surface area contributed by atoms with Crippen molar-refractivity contribution in [3.63, 3.8) is 0 Å². The first-order valence-electron chi connectivity index (χ1n) is 23.3. The molecule has 0 radical (unpaired) electrons. The Bertz CT molecular complexity index is 764. The van der Waals surface area contributed by atoms with Crippen molar-refractivity contribution in [2.24, 2.45) is 11.8 Å². The standard InChI is InChI=1S/2C15H27P.2C8H16O2.Pd/c2*1-2-8-13(7-1)16(14-9-3-4-10-14)15-11-5-6-12-15;2*1-3-5-6-7(4-2)8(9)10;/h2*13-15H,1-12H2;2*7H,3-6H2,1-2H3,(H,9,10);/q;;;;+2/p-2. The summed E-state index contributed by atoms with van der Waals surface area (Å²) in [7, 11) is 0.872. The Morgan fingerprint density at radius 3 is 0.755 bits per heavy atom. The number of hydrogen-bond acceptors (Lipinski definition) is 4. The molecule has 0 aromatic rings. The average molecular weight is 870 g/mol. The zero-order valence-corrected chi connectivity index (χ0v) is 38.4. The molecule has 0 bridgehead atoms. The first-order chi connectivity index (χ1) is 25.3. The number of hydrogen-bond donors (Lipinski definition) is 0. The summed E-state index contributed by atoms with van der Waals surface area (Å²) in [6.45, 7) is 7.89. The van der Waals surface area contributed by atoms with Gasteiger partial charge in [-0.15, -0.1) is 0 Å². The maximum absolute atomic E-state index is 10.3. The van der Waals surface area contributed by atoms with Gasteiger partial charge in [-0.05, 0) is 149 Å². The Morgan fingerprint density at radius 1 is 0.434 bits per heavy atom. The second-order valence-electron chi connectivity index (χ2n) is 17.7. The Hall–Kier alpha value is 0.462. The van der Waals surface area contributed by atoms with Crippen LogP contribution in [0.4, 0.5) is 0 Å². The fourth-order valence-electron chi connectivity index (χ4n) is 10.9. The first kappa shape index (κ1) is 49.6. The zero-order valence-electron chi connectivity index (χ0n) is 35.1. The molecule has 6 aliphatic carbocycles. The first-order valence-corrected chi connectivity index (χ1v) is 26.4. The number of unbranched alkanes of at least 4 members (excludes halogenated alkanes) is 2. The number of rotatable bonds is 16. The van der Waals surface area contributed by atoms with Gasteiger partial charge in [0.25, 0.3) is 0 Å². The Balaban J connectivity index is 0.000000250. The molecule has 0 saturated heterocycles. The molecule has 2 unspecified atom stereocenters. The van der Waals surface area contributed by atoms with Crippen molar-refractivity contribution < 1.29 is 40.2 Å². The minimum atomic E-state index is -0.893. The zero-order chi connectivity index (χ0) is 37.6. The molecule has 0 amide bonds. The van der Waals surface area contributed by atoms with Crippen LogP contribution in [-0.4, -0.2) is 45.9 Å². The van der Waals surface area contributed by atoms with E-state index in [0.29, 0.717) is 28.7 Å². The van der Waals surface area contributed by atoms with Gasteiger partial charge < -0.3 is 19.8 Å². The maximum atomic E-state index is 10.3. The van der Waals surface area contributed by atoms with Crippen LogP contribution in [0.2, 0.25) is 0 Å². The minimum Gasteiger partial charge on any atom is -0.550 e. The molecule has 0 heterocycles. The summed E-state index contributed by atoms with van der Waals surface area (Å²) >= 11 is 0. The van der Waals surface area contributed by atoms with Crippen LogP contribution in [0.3, 0.4) is 0 Å². The molecule has 0 aromatic heterocycles. The van der Waals surface area contributed by atoms with E-state index in [1.165, 1.54) is 34.0 Å². The number of carboxylic acids is 2. The Labute approximate surface area is 345 Å². The van der Waals surface area contributed by atoms with Crippen LogP contribution in [0.25, 0.3) is 0 Å². The third-order valence-corrected chi connectivity index (χ3v) is 22.1. The quantitative estimate of drug-likeness (QED) is 0.114. The largest absolute Gasteiger partial charge is 2.00 e. The summed E-state index contributed by atoms with van der Waals surface area (Å²) in [4.78, 5) is 20.7. The van der Waals surface area contributed by atoms with E-state index in [4.69, 9.17) is 0 Å². The predicted octanol–water partition coefficient (Wildman–Crippen LogP) is 12.5. The number of carboxylic acid groups (broad SMARTS) is 2. The van der Waals surface area contributed by atoms with Gasteiger partial charge in [-0.25, -0.2) is 0 Å². The van der Waals surface area contributed by atoms with E-state index in [2.05, 4.69) is 13.8 Å². The van der Waals surface area contributed by atoms with Crippen molar-refractivity contribution in [2.75, 3.05) is 0 Å². The monoisotopic (exact) mass is 868 g/mol. The Morgan fingerprint density at radius 2 is 0.623 bits per heavy atom. The van der Waals surface area contributed by atoms with Crippen LogP contribution in [-0.2, 0) is 30.0 Å². The van der Waals surface area contributed by atoms with Crippen molar-refractivity contribution in [3.8, 4) is 0 Å². The van der Waals surface area contributed by atoms with Crippen molar-refractivity contribution in [3.05, 3.63) is 0 Å². The van der Waals surface area contributed by atoms with E-state index in [1.54, 1.807) is 154 Å². The summed E-state index contributed by atoms with van der Waals surface area (Å²) in [5, 5.41) is 20.7. The van der Waals surface area contributed by atoms with Crippen LogP contribution < -0.4 is 10.2 Å².